The van der Waals surface area contributed by atoms with Gasteiger partial charge in [0.05, 0.1) is 5.02 Å². The van der Waals surface area contributed by atoms with Crippen LogP contribution in [0.1, 0.15) is 12.5 Å². The molecule has 1 aromatic carbocycles. The minimum Gasteiger partial charge on any atom is -0.300 e. The maximum absolute atomic E-state index is 13.0. The predicted molar refractivity (Wildman–Crippen MR) is 79.8 cm³/mol. The van der Waals surface area contributed by atoms with E-state index < -0.39 is 0 Å². The van der Waals surface area contributed by atoms with Crippen LogP contribution in [0.2, 0.25) is 5.02 Å². The third-order valence-electron chi connectivity index (χ3n) is 2.72. The average molecular weight is 290 g/mol. The van der Waals surface area contributed by atoms with Gasteiger partial charge < -0.3 is 0 Å². The first-order valence-electron chi connectivity index (χ1n) is 5.90. The summed E-state index contributed by atoms with van der Waals surface area (Å²) in [5.74, 6) is -0.166. The van der Waals surface area contributed by atoms with Crippen LogP contribution in [0.4, 0.5) is 10.1 Å². The van der Waals surface area contributed by atoms with Gasteiger partial charge in [0.15, 0.2) is 0 Å². The molecule has 0 saturated heterocycles. The molecule has 5 heteroatoms. The summed E-state index contributed by atoms with van der Waals surface area (Å²) < 4.78 is 13.0. The molecule has 0 fully saturated rings. The van der Waals surface area contributed by atoms with E-state index in [9.17, 15) is 4.39 Å². The first kappa shape index (κ1) is 14.2. The van der Waals surface area contributed by atoms with E-state index >= 15 is 0 Å². The number of nitrogens with one attached hydrogen (secondary N) is 1. The lowest BCUT2D eigenvalue weighted by Gasteiger charge is -2.25. The first-order chi connectivity index (χ1) is 9.50. The maximum Gasteiger partial charge on any atom is 0.138 e. The summed E-state index contributed by atoms with van der Waals surface area (Å²) in [4.78, 5) is 5.49. The second-order valence-electron chi connectivity index (χ2n) is 4.25. The fourth-order valence-corrected chi connectivity index (χ4v) is 2.03. The first-order valence-corrected chi connectivity index (χ1v) is 6.28. The topological polar surface area (TPSA) is 40.0 Å². The smallest absolute Gasteiger partial charge is 0.138 e. The lowest BCUT2D eigenvalue weighted by atomic mass is 10.2. The number of pyridine rings is 1. The zero-order valence-corrected chi connectivity index (χ0v) is 11.7. The molecule has 0 saturated carbocycles. The molecule has 0 spiro atoms. The van der Waals surface area contributed by atoms with Gasteiger partial charge in [-0.1, -0.05) is 18.2 Å². The quantitative estimate of drug-likeness (QED) is 0.678. The molecule has 3 nitrogen and oxygen atoms in total. The van der Waals surface area contributed by atoms with E-state index in [-0.39, 0.29) is 11.7 Å². The number of rotatable bonds is 3. The van der Waals surface area contributed by atoms with Gasteiger partial charge in [0.2, 0.25) is 0 Å². The Morgan fingerprint density at radius 3 is 2.50 bits per heavy atom. The predicted octanol–water partition coefficient (Wildman–Crippen LogP) is 4.24. The van der Waals surface area contributed by atoms with E-state index in [0.29, 0.717) is 22.0 Å². The van der Waals surface area contributed by atoms with Gasteiger partial charge in [0.1, 0.15) is 11.7 Å². The Morgan fingerprint density at radius 2 is 1.95 bits per heavy atom. The standard InChI is InChI=1S/C15H13ClFN3/c1-10(2)20(12-5-3-11(17)4-6-12)15(18)13-7-8-19-9-14(13)16/h3-9,18H,1H2,2H3. The van der Waals surface area contributed by atoms with Gasteiger partial charge >= 0.3 is 0 Å². The third kappa shape index (κ3) is 2.86. The van der Waals surface area contributed by atoms with Crippen molar-refractivity contribution < 1.29 is 4.39 Å². The number of allylic oxidation sites excluding steroid dienone is 1. The molecule has 0 amide bonds. The van der Waals surface area contributed by atoms with Crippen molar-refractivity contribution in [3.05, 3.63) is 71.4 Å². The van der Waals surface area contributed by atoms with Crippen LogP contribution in [0.15, 0.2) is 55.0 Å². The summed E-state index contributed by atoms with van der Waals surface area (Å²) in [5, 5.41) is 8.69. The maximum atomic E-state index is 13.0. The van der Waals surface area contributed by atoms with Crippen LogP contribution in [0.3, 0.4) is 0 Å². The monoisotopic (exact) mass is 289 g/mol. The number of nitrogens with zero attached hydrogens (tertiary/aromatic N) is 2. The van der Waals surface area contributed by atoms with E-state index in [1.807, 2.05) is 0 Å². The summed E-state index contributed by atoms with van der Waals surface area (Å²) >= 11 is 6.06. The van der Waals surface area contributed by atoms with Crippen LogP contribution in [0.5, 0.6) is 0 Å². The lowest BCUT2D eigenvalue weighted by Crippen LogP contribution is -2.29. The molecule has 0 aliphatic rings. The zero-order valence-electron chi connectivity index (χ0n) is 10.9. The second kappa shape index (κ2) is 5.84. The number of anilines is 1. The number of aromatic nitrogens is 1. The van der Waals surface area contributed by atoms with Crippen LogP contribution in [0.25, 0.3) is 0 Å². The van der Waals surface area contributed by atoms with Gasteiger partial charge in [0.25, 0.3) is 0 Å². The van der Waals surface area contributed by atoms with Gasteiger partial charge in [-0.05, 0) is 37.3 Å². The molecule has 0 bridgehead atoms. The molecular weight excluding hydrogens is 277 g/mol. The van der Waals surface area contributed by atoms with Crippen LogP contribution in [0, 0.1) is 11.2 Å². The molecule has 0 unspecified atom stereocenters. The van der Waals surface area contributed by atoms with E-state index in [0.717, 1.165) is 0 Å². The van der Waals surface area contributed by atoms with Crippen molar-refractivity contribution >= 4 is 23.1 Å². The van der Waals surface area contributed by atoms with Gasteiger partial charge in [-0.2, -0.15) is 0 Å². The number of hydrogen-bond acceptors (Lipinski definition) is 2. The highest BCUT2D eigenvalue weighted by atomic mass is 35.5. The van der Waals surface area contributed by atoms with Crippen molar-refractivity contribution in [1.82, 2.24) is 4.98 Å². The van der Waals surface area contributed by atoms with Crippen molar-refractivity contribution in [2.45, 2.75) is 6.92 Å². The van der Waals surface area contributed by atoms with Crippen molar-refractivity contribution in [2.24, 2.45) is 0 Å². The van der Waals surface area contributed by atoms with Crippen molar-refractivity contribution in [3.8, 4) is 0 Å². The SMILES string of the molecule is C=C(C)N(C(=N)c1ccncc1Cl)c1ccc(F)cc1. The minimum absolute atomic E-state index is 0.163. The van der Waals surface area contributed by atoms with Crippen LogP contribution in [-0.2, 0) is 0 Å². The Kier molecular flexibility index (Phi) is 4.15. The summed E-state index contributed by atoms with van der Waals surface area (Å²) in [6.07, 6.45) is 3.05. The molecule has 20 heavy (non-hydrogen) atoms. The molecule has 102 valence electrons. The Hall–Kier alpha value is -2.20. The highest BCUT2D eigenvalue weighted by molar-refractivity contribution is 6.34. The molecule has 1 heterocycles. The summed E-state index contributed by atoms with van der Waals surface area (Å²) in [7, 11) is 0. The molecule has 0 aliphatic carbocycles. The summed E-state index contributed by atoms with van der Waals surface area (Å²) in [5.41, 5.74) is 1.82. The van der Waals surface area contributed by atoms with Gasteiger partial charge in [0, 0.05) is 29.3 Å². The number of benzene rings is 1. The van der Waals surface area contributed by atoms with E-state index in [1.165, 1.54) is 18.3 Å². The van der Waals surface area contributed by atoms with E-state index in [2.05, 4.69) is 11.6 Å². The Labute approximate surface area is 121 Å². The zero-order chi connectivity index (χ0) is 14.7. The van der Waals surface area contributed by atoms with Crippen molar-refractivity contribution in [3.63, 3.8) is 0 Å². The van der Waals surface area contributed by atoms with Gasteiger partial charge in [-0.3, -0.25) is 15.3 Å². The van der Waals surface area contributed by atoms with E-state index in [4.69, 9.17) is 17.0 Å². The van der Waals surface area contributed by atoms with Crippen LogP contribution < -0.4 is 4.90 Å². The van der Waals surface area contributed by atoms with Gasteiger partial charge in [-0.15, -0.1) is 0 Å². The van der Waals surface area contributed by atoms with Crippen molar-refractivity contribution in [2.75, 3.05) is 4.90 Å². The Morgan fingerprint density at radius 1 is 1.30 bits per heavy atom. The average Bonchev–Trinajstić information content (AvgIpc) is 2.41. The second-order valence-corrected chi connectivity index (χ2v) is 4.66. The number of hydrogen-bond donors (Lipinski definition) is 1. The number of halogens is 2. The summed E-state index contributed by atoms with van der Waals surface area (Å²) in [6.45, 7) is 5.63. The largest absolute Gasteiger partial charge is 0.300 e. The summed E-state index contributed by atoms with van der Waals surface area (Å²) in [6, 6.07) is 7.52. The number of amidine groups is 1. The van der Waals surface area contributed by atoms with Crippen LogP contribution in [-0.4, -0.2) is 10.8 Å². The van der Waals surface area contributed by atoms with Gasteiger partial charge in [-0.25, -0.2) is 4.39 Å². The molecule has 0 aliphatic heterocycles. The molecule has 0 atom stereocenters. The Balaban J connectivity index is 2.44. The lowest BCUT2D eigenvalue weighted by molar-refractivity contribution is 0.628. The highest BCUT2D eigenvalue weighted by Crippen LogP contribution is 2.24. The minimum atomic E-state index is -0.330. The molecule has 0 radical (unpaired) electrons. The highest BCUT2D eigenvalue weighted by Gasteiger charge is 2.17. The third-order valence-corrected chi connectivity index (χ3v) is 3.02. The fourth-order valence-electron chi connectivity index (χ4n) is 1.82. The molecule has 2 rings (SSSR count). The molecule has 2 aromatic rings. The van der Waals surface area contributed by atoms with E-state index in [1.54, 1.807) is 36.2 Å². The Bertz CT molecular complexity index is 652. The molecule has 1 N–H and O–H groups in total. The van der Waals surface area contributed by atoms with Crippen molar-refractivity contribution in [1.29, 1.82) is 5.41 Å². The molecule has 1 aromatic heterocycles. The fraction of sp³-hybridized carbons (Fsp3) is 0.0667. The normalized spacial score (nSPS) is 10.2. The molecular formula is C15H13ClFN3. The van der Waals surface area contributed by atoms with Crippen LogP contribution >= 0.6 is 11.6 Å².